The highest BCUT2D eigenvalue weighted by Gasteiger charge is 2.17. The van der Waals surface area contributed by atoms with E-state index in [1.807, 2.05) is 27.0 Å². The molecule has 7 nitrogen and oxygen atoms in total. The molecule has 0 aliphatic carbocycles. The first-order chi connectivity index (χ1) is 12.8. The second kappa shape index (κ2) is 6.31. The van der Waals surface area contributed by atoms with Gasteiger partial charge in [0.2, 0.25) is 5.13 Å². The zero-order chi connectivity index (χ0) is 19.3. The highest BCUT2D eigenvalue weighted by molar-refractivity contribution is 7.20. The first-order valence-corrected chi connectivity index (χ1v) is 9.40. The summed E-state index contributed by atoms with van der Waals surface area (Å²) in [4.78, 5) is 17.3. The molecule has 3 heterocycles. The molecular weight excluding hydrogens is 360 g/mol. The van der Waals surface area contributed by atoms with E-state index in [9.17, 15) is 4.79 Å². The minimum Gasteiger partial charge on any atom is -0.305 e. The molecule has 0 aliphatic rings. The monoisotopic (exact) mass is 380 g/mol. The molecule has 8 heteroatoms. The fourth-order valence-electron chi connectivity index (χ4n) is 2.84. The Balaban J connectivity index is 1.71. The number of carbonyl (C=O) groups is 1. The van der Waals surface area contributed by atoms with Gasteiger partial charge in [-0.05, 0) is 57.0 Å². The molecule has 4 aromatic rings. The van der Waals surface area contributed by atoms with Crippen molar-refractivity contribution in [2.75, 3.05) is 5.32 Å². The summed E-state index contributed by atoms with van der Waals surface area (Å²) in [5.74, 6) is 0.306. The van der Waals surface area contributed by atoms with Crippen molar-refractivity contribution in [3.05, 3.63) is 52.5 Å². The van der Waals surface area contributed by atoms with Crippen molar-refractivity contribution in [2.45, 2.75) is 27.7 Å². The molecule has 0 unspecified atom stereocenters. The predicted octanol–water partition coefficient (Wildman–Crippen LogP) is 3.70. The number of hydrogen-bond donors (Lipinski definition) is 1. The van der Waals surface area contributed by atoms with Gasteiger partial charge in [-0.15, -0.1) is 0 Å². The molecule has 1 N–H and O–H groups in total. The van der Waals surface area contributed by atoms with Gasteiger partial charge >= 0.3 is 0 Å². The Labute approximate surface area is 160 Å². The van der Waals surface area contributed by atoms with E-state index in [1.165, 1.54) is 11.1 Å². The van der Waals surface area contributed by atoms with Gasteiger partial charge in [-0.1, -0.05) is 11.3 Å². The summed E-state index contributed by atoms with van der Waals surface area (Å²) in [7, 11) is 1.81. The number of benzene rings is 1. The number of carbonyl (C=O) groups excluding carboxylic acids is 1. The predicted molar refractivity (Wildman–Crippen MR) is 107 cm³/mol. The second-order valence-electron chi connectivity index (χ2n) is 6.73. The fourth-order valence-corrected chi connectivity index (χ4v) is 3.86. The molecule has 0 saturated carbocycles. The molecule has 0 radical (unpaired) electrons. The Kier molecular flexibility index (Phi) is 4.07. The van der Waals surface area contributed by atoms with Crippen molar-refractivity contribution < 1.29 is 4.79 Å². The lowest BCUT2D eigenvalue weighted by atomic mass is 10.1. The number of anilines is 1. The quantitative estimate of drug-likeness (QED) is 0.588. The SMILES string of the molecule is Cc1cc(NC(=O)c2cc(C)n(C)n2)n(-c2nc3cc(C)c(C)cc3s2)n1. The normalized spacial score (nSPS) is 11.3. The molecule has 0 atom stereocenters. The van der Waals surface area contributed by atoms with Crippen LogP contribution in [-0.4, -0.2) is 30.5 Å². The van der Waals surface area contributed by atoms with Crippen molar-refractivity contribution in [3.8, 4) is 5.13 Å². The van der Waals surface area contributed by atoms with Crippen molar-refractivity contribution >= 4 is 33.3 Å². The van der Waals surface area contributed by atoms with Crippen molar-refractivity contribution in [1.29, 1.82) is 0 Å². The highest BCUT2D eigenvalue weighted by atomic mass is 32.1. The third-order valence-electron chi connectivity index (χ3n) is 4.59. The van der Waals surface area contributed by atoms with E-state index in [0.29, 0.717) is 11.5 Å². The lowest BCUT2D eigenvalue weighted by Crippen LogP contribution is -2.16. The lowest BCUT2D eigenvalue weighted by molar-refractivity contribution is 0.102. The average Bonchev–Trinajstić information content (AvgIpc) is 3.26. The van der Waals surface area contributed by atoms with Crippen molar-refractivity contribution in [2.24, 2.45) is 7.05 Å². The van der Waals surface area contributed by atoms with Crippen LogP contribution in [-0.2, 0) is 7.05 Å². The van der Waals surface area contributed by atoms with Crippen LogP contribution < -0.4 is 5.32 Å². The molecule has 3 aromatic heterocycles. The van der Waals surface area contributed by atoms with Crippen LogP contribution in [0.2, 0.25) is 0 Å². The Bertz CT molecular complexity index is 1120. The van der Waals surface area contributed by atoms with Gasteiger partial charge < -0.3 is 5.32 Å². The van der Waals surface area contributed by atoms with Crippen LogP contribution in [0.3, 0.4) is 0 Å². The second-order valence-corrected chi connectivity index (χ2v) is 7.74. The van der Waals surface area contributed by atoms with E-state index >= 15 is 0 Å². The number of nitrogens with zero attached hydrogens (tertiary/aromatic N) is 5. The summed E-state index contributed by atoms with van der Waals surface area (Å²) in [5.41, 5.74) is 5.46. The maximum atomic E-state index is 12.6. The number of aromatic nitrogens is 5. The maximum absolute atomic E-state index is 12.6. The molecule has 1 aromatic carbocycles. The minimum atomic E-state index is -0.271. The Morgan fingerprint density at radius 2 is 1.78 bits per heavy atom. The zero-order valence-corrected chi connectivity index (χ0v) is 16.7. The van der Waals surface area contributed by atoms with Gasteiger partial charge in [0.1, 0.15) is 5.82 Å². The van der Waals surface area contributed by atoms with E-state index in [1.54, 1.807) is 26.8 Å². The number of amides is 1. The van der Waals surface area contributed by atoms with Crippen LogP contribution in [0.15, 0.2) is 24.3 Å². The van der Waals surface area contributed by atoms with E-state index in [-0.39, 0.29) is 5.91 Å². The van der Waals surface area contributed by atoms with Crippen LogP contribution in [0.4, 0.5) is 5.82 Å². The van der Waals surface area contributed by atoms with Crippen LogP contribution in [0, 0.1) is 27.7 Å². The van der Waals surface area contributed by atoms with Crippen LogP contribution in [0.5, 0.6) is 0 Å². The van der Waals surface area contributed by atoms with E-state index in [4.69, 9.17) is 4.98 Å². The molecule has 27 heavy (non-hydrogen) atoms. The first kappa shape index (κ1) is 17.4. The topological polar surface area (TPSA) is 77.6 Å². The molecule has 0 fully saturated rings. The molecular formula is C19H20N6OS. The fraction of sp³-hybridized carbons (Fsp3) is 0.263. The van der Waals surface area contributed by atoms with Gasteiger partial charge in [0.15, 0.2) is 5.69 Å². The number of rotatable bonds is 3. The largest absolute Gasteiger partial charge is 0.305 e. The number of thiazole rings is 1. The summed E-state index contributed by atoms with van der Waals surface area (Å²) < 4.78 is 4.45. The maximum Gasteiger partial charge on any atom is 0.277 e. The Morgan fingerprint density at radius 1 is 1.04 bits per heavy atom. The van der Waals surface area contributed by atoms with Crippen molar-refractivity contribution in [3.63, 3.8) is 0 Å². The van der Waals surface area contributed by atoms with Gasteiger partial charge in [0, 0.05) is 18.8 Å². The number of hydrogen-bond acceptors (Lipinski definition) is 5. The average molecular weight is 380 g/mol. The summed E-state index contributed by atoms with van der Waals surface area (Å²) >= 11 is 1.55. The van der Waals surface area contributed by atoms with E-state index < -0.39 is 0 Å². The van der Waals surface area contributed by atoms with Gasteiger partial charge in [-0.25, -0.2) is 4.98 Å². The summed E-state index contributed by atoms with van der Waals surface area (Å²) in [6.07, 6.45) is 0. The third kappa shape index (κ3) is 3.12. The molecule has 0 spiro atoms. The summed E-state index contributed by atoms with van der Waals surface area (Å²) in [5, 5.41) is 12.4. The summed E-state index contributed by atoms with van der Waals surface area (Å²) in [6, 6.07) is 7.80. The zero-order valence-electron chi connectivity index (χ0n) is 15.9. The Hall–Kier alpha value is -3.00. The third-order valence-corrected chi connectivity index (χ3v) is 5.59. The Morgan fingerprint density at radius 3 is 2.48 bits per heavy atom. The van der Waals surface area contributed by atoms with Crippen LogP contribution in [0.25, 0.3) is 15.3 Å². The standard InChI is InChI=1S/C19H20N6OS/c1-10-6-14-16(7-11(10)2)27-19(20-14)25-17(8-12(3)22-25)21-18(26)15-9-13(4)24(5)23-15/h6-9H,1-5H3,(H,21,26). The van der Waals surface area contributed by atoms with E-state index in [2.05, 4.69) is 41.5 Å². The van der Waals surface area contributed by atoms with Gasteiger partial charge in [-0.2, -0.15) is 14.9 Å². The first-order valence-electron chi connectivity index (χ1n) is 8.58. The number of aryl methyl sites for hydroxylation is 5. The van der Waals surface area contributed by atoms with E-state index in [0.717, 1.165) is 26.7 Å². The number of fused-ring (bicyclic) bond motifs is 1. The molecule has 0 bridgehead atoms. The van der Waals surface area contributed by atoms with Crippen LogP contribution in [0.1, 0.15) is 33.0 Å². The van der Waals surface area contributed by atoms with Gasteiger partial charge in [0.25, 0.3) is 5.91 Å². The van der Waals surface area contributed by atoms with Gasteiger partial charge in [0.05, 0.1) is 15.9 Å². The number of nitrogens with one attached hydrogen (secondary N) is 1. The van der Waals surface area contributed by atoms with Gasteiger partial charge in [-0.3, -0.25) is 9.48 Å². The summed E-state index contributed by atoms with van der Waals surface area (Å²) in [6.45, 7) is 7.96. The van der Waals surface area contributed by atoms with Crippen molar-refractivity contribution in [1.82, 2.24) is 24.5 Å². The molecule has 4 rings (SSSR count). The smallest absolute Gasteiger partial charge is 0.277 e. The highest BCUT2D eigenvalue weighted by Crippen LogP contribution is 2.29. The molecule has 0 aliphatic heterocycles. The van der Waals surface area contributed by atoms with Crippen LogP contribution >= 0.6 is 11.3 Å². The molecule has 1 amide bonds. The molecule has 138 valence electrons. The molecule has 0 saturated heterocycles. The minimum absolute atomic E-state index is 0.271. The lowest BCUT2D eigenvalue weighted by Gasteiger charge is -2.04.